The SMILES string of the molecule is Cc1cc(F)cc(-c2ccnc3nc(-c4n[nH]c5ccc(-c6ccncc6)cc45)[nH]c23)c1. The second-order valence-electron chi connectivity index (χ2n) is 7.73. The van der Waals surface area contributed by atoms with Crippen molar-refractivity contribution in [3.8, 4) is 33.8 Å². The van der Waals surface area contributed by atoms with E-state index in [1.165, 1.54) is 12.1 Å². The Kier molecular flexibility index (Phi) is 4.07. The fraction of sp³-hybridized carbons (Fsp3) is 0.0400. The Bertz CT molecular complexity index is 1580. The molecule has 0 saturated carbocycles. The molecule has 0 saturated heterocycles. The van der Waals surface area contributed by atoms with Crippen LogP contribution in [-0.2, 0) is 0 Å². The van der Waals surface area contributed by atoms with Crippen molar-refractivity contribution >= 4 is 22.1 Å². The van der Waals surface area contributed by atoms with Gasteiger partial charge in [-0.05, 0) is 71.6 Å². The van der Waals surface area contributed by atoms with Gasteiger partial charge in [-0.25, -0.2) is 14.4 Å². The Labute approximate surface area is 182 Å². The minimum absolute atomic E-state index is 0.272. The van der Waals surface area contributed by atoms with Crippen LogP contribution < -0.4 is 0 Å². The Morgan fingerprint density at radius 3 is 2.56 bits per heavy atom. The van der Waals surface area contributed by atoms with Crippen molar-refractivity contribution in [2.45, 2.75) is 6.92 Å². The average Bonchev–Trinajstić information content (AvgIpc) is 3.42. The molecule has 0 fully saturated rings. The Balaban J connectivity index is 1.52. The zero-order chi connectivity index (χ0) is 21.7. The van der Waals surface area contributed by atoms with Crippen molar-refractivity contribution in [2.75, 3.05) is 0 Å². The lowest BCUT2D eigenvalue weighted by molar-refractivity contribution is 0.627. The second kappa shape index (κ2) is 7.09. The van der Waals surface area contributed by atoms with Gasteiger partial charge < -0.3 is 4.98 Å². The van der Waals surface area contributed by atoms with Gasteiger partial charge in [-0.1, -0.05) is 12.1 Å². The fourth-order valence-electron chi connectivity index (χ4n) is 4.07. The third-order valence-corrected chi connectivity index (χ3v) is 5.55. The van der Waals surface area contributed by atoms with Crippen LogP contribution in [0, 0.1) is 12.7 Å². The molecule has 0 bridgehead atoms. The highest BCUT2D eigenvalue weighted by Gasteiger charge is 2.16. The van der Waals surface area contributed by atoms with Crippen LogP contribution in [-0.4, -0.2) is 30.1 Å². The zero-order valence-corrected chi connectivity index (χ0v) is 17.1. The average molecular weight is 420 g/mol. The first-order valence-electron chi connectivity index (χ1n) is 10.2. The van der Waals surface area contributed by atoms with E-state index < -0.39 is 0 Å². The van der Waals surface area contributed by atoms with Crippen LogP contribution in [0.2, 0.25) is 0 Å². The summed E-state index contributed by atoms with van der Waals surface area (Å²) >= 11 is 0. The number of imidazole rings is 1. The van der Waals surface area contributed by atoms with Crippen LogP contribution >= 0.6 is 0 Å². The third-order valence-electron chi connectivity index (χ3n) is 5.55. The molecular formula is C25H17FN6. The number of hydrogen-bond donors (Lipinski definition) is 2. The summed E-state index contributed by atoms with van der Waals surface area (Å²) in [6.45, 7) is 1.87. The maximum absolute atomic E-state index is 14.0. The van der Waals surface area contributed by atoms with Crippen LogP contribution in [0.3, 0.4) is 0 Å². The molecule has 6 nitrogen and oxygen atoms in total. The van der Waals surface area contributed by atoms with E-state index in [0.717, 1.165) is 44.2 Å². The van der Waals surface area contributed by atoms with Gasteiger partial charge in [-0.15, -0.1) is 0 Å². The number of H-pyrrole nitrogens is 2. The van der Waals surface area contributed by atoms with Gasteiger partial charge in [0.05, 0.1) is 11.0 Å². The number of nitrogens with one attached hydrogen (secondary N) is 2. The molecule has 32 heavy (non-hydrogen) atoms. The number of pyridine rings is 2. The van der Waals surface area contributed by atoms with E-state index in [4.69, 9.17) is 0 Å². The Hall–Kier alpha value is -4.39. The largest absolute Gasteiger partial charge is 0.335 e. The smallest absolute Gasteiger partial charge is 0.178 e. The Morgan fingerprint density at radius 1 is 0.844 bits per heavy atom. The van der Waals surface area contributed by atoms with Gasteiger partial charge in [-0.3, -0.25) is 10.1 Å². The van der Waals surface area contributed by atoms with E-state index in [1.807, 2.05) is 43.3 Å². The molecule has 2 aromatic carbocycles. The molecule has 2 N–H and O–H groups in total. The van der Waals surface area contributed by atoms with Gasteiger partial charge in [0.2, 0.25) is 0 Å². The highest BCUT2D eigenvalue weighted by Crippen LogP contribution is 2.32. The monoisotopic (exact) mass is 420 g/mol. The molecule has 6 rings (SSSR count). The molecule has 0 spiro atoms. The molecular weight excluding hydrogens is 403 g/mol. The fourth-order valence-corrected chi connectivity index (χ4v) is 4.07. The van der Waals surface area contributed by atoms with Crippen LogP contribution in [0.5, 0.6) is 0 Å². The molecule has 6 aromatic rings. The number of benzene rings is 2. The Morgan fingerprint density at radius 2 is 1.72 bits per heavy atom. The standard InChI is InChI=1S/C25H17FN6/c1-14-10-17(12-18(26)11-14)19-6-9-28-24-22(19)29-25(30-24)23-20-13-16(2-3-21(20)31-32-23)15-4-7-27-8-5-15/h2-13H,1H3,(H,31,32)(H,28,29,30). The summed E-state index contributed by atoms with van der Waals surface area (Å²) in [5.41, 5.74) is 7.52. The van der Waals surface area contributed by atoms with Crippen molar-refractivity contribution in [3.05, 3.63) is 84.6 Å². The van der Waals surface area contributed by atoms with E-state index in [9.17, 15) is 4.39 Å². The topological polar surface area (TPSA) is 83.1 Å². The van der Waals surface area contributed by atoms with Crippen molar-refractivity contribution in [2.24, 2.45) is 0 Å². The summed E-state index contributed by atoms with van der Waals surface area (Å²) in [7, 11) is 0. The van der Waals surface area contributed by atoms with Gasteiger partial charge in [0.25, 0.3) is 0 Å². The predicted octanol–water partition coefficient (Wildman–Crippen LogP) is 5.68. The van der Waals surface area contributed by atoms with E-state index in [-0.39, 0.29) is 5.82 Å². The summed E-state index contributed by atoms with van der Waals surface area (Å²) < 4.78 is 14.0. The predicted molar refractivity (Wildman–Crippen MR) is 122 cm³/mol. The molecule has 154 valence electrons. The van der Waals surface area contributed by atoms with Gasteiger partial charge in [0, 0.05) is 29.5 Å². The number of aromatic amines is 2. The van der Waals surface area contributed by atoms with Gasteiger partial charge >= 0.3 is 0 Å². The number of aryl methyl sites for hydroxylation is 1. The molecule has 7 heteroatoms. The first-order chi connectivity index (χ1) is 15.7. The van der Waals surface area contributed by atoms with E-state index in [2.05, 4.69) is 36.2 Å². The minimum Gasteiger partial charge on any atom is -0.335 e. The summed E-state index contributed by atoms with van der Waals surface area (Å²) in [4.78, 5) is 16.6. The van der Waals surface area contributed by atoms with E-state index >= 15 is 0 Å². The van der Waals surface area contributed by atoms with Gasteiger partial charge in [-0.2, -0.15) is 5.10 Å². The first kappa shape index (κ1) is 18.4. The molecule has 0 aliphatic rings. The number of aromatic nitrogens is 6. The molecule has 0 radical (unpaired) electrons. The molecule has 0 amide bonds. The molecule has 0 aliphatic heterocycles. The molecule has 0 atom stereocenters. The lowest BCUT2D eigenvalue weighted by atomic mass is 10.0. The zero-order valence-electron chi connectivity index (χ0n) is 17.1. The van der Waals surface area contributed by atoms with Crippen LogP contribution in [0.4, 0.5) is 4.39 Å². The number of nitrogens with zero attached hydrogens (tertiary/aromatic N) is 4. The maximum Gasteiger partial charge on any atom is 0.178 e. The van der Waals surface area contributed by atoms with Crippen molar-refractivity contribution < 1.29 is 4.39 Å². The number of fused-ring (bicyclic) bond motifs is 2. The highest BCUT2D eigenvalue weighted by molar-refractivity contribution is 5.97. The maximum atomic E-state index is 14.0. The second-order valence-corrected chi connectivity index (χ2v) is 7.73. The normalized spacial score (nSPS) is 11.4. The van der Waals surface area contributed by atoms with Crippen molar-refractivity contribution in [1.29, 1.82) is 0 Å². The summed E-state index contributed by atoms with van der Waals surface area (Å²) in [5.74, 6) is 0.331. The van der Waals surface area contributed by atoms with Crippen LogP contribution in [0.25, 0.3) is 55.8 Å². The van der Waals surface area contributed by atoms with Crippen LogP contribution in [0.15, 0.2) is 73.2 Å². The summed E-state index contributed by atoms with van der Waals surface area (Å²) in [5, 5.41) is 8.53. The number of rotatable bonds is 3. The van der Waals surface area contributed by atoms with E-state index in [0.29, 0.717) is 17.2 Å². The van der Waals surface area contributed by atoms with E-state index in [1.54, 1.807) is 18.6 Å². The minimum atomic E-state index is -0.272. The number of hydrogen-bond acceptors (Lipinski definition) is 4. The summed E-state index contributed by atoms with van der Waals surface area (Å²) in [6.07, 6.45) is 5.24. The van der Waals surface area contributed by atoms with Crippen LogP contribution in [0.1, 0.15) is 5.56 Å². The highest BCUT2D eigenvalue weighted by atomic mass is 19.1. The van der Waals surface area contributed by atoms with Crippen molar-refractivity contribution in [3.63, 3.8) is 0 Å². The molecule has 0 unspecified atom stereocenters. The van der Waals surface area contributed by atoms with Gasteiger partial charge in [0.15, 0.2) is 11.5 Å². The van der Waals surface area contributed by atoms with Gasteiger partial charge in [0.1, 0.15) is 11.5 Å². The van der Waals surface area contributed by atoms with Crippen molar-refractivity contribution in [1.82, 2.24) is 30.1 Å². The molecule has 0 aliphatic carbocycles. The lowest BCUT2D eigenvalue weighted by Gasteiger charge is -2.04. The number of halogens is 1. The quantitative estimate of drug-likeness (QED) is 0.386. The molecule has 4 aromatic heterocycles. The summed E-state index contributed by atoms with van der Waals surface area (Å²) in [6, 6.07) is 16.9. The molecule has 4 heterocycles. The lowest BCUT2D eigenvalue weighted by Crippen LogP contribution is -1.86. The third kappa shape index (κ3) is 3.02. The first-order valence-corrected chi connectivity index (χ1v) is 10.2.